The third-order valence-electron chi connectivity index (χ3n) is 3.32. The summed E-state index contributed by atoms with van der Waals surface area (Å²) in [5, 5.41) is 18.4. The molecule has 0 fully saturated rings. The van der Waals surface area contributed by atoms with Crippen molar-refractivity contribution < 1.29 is 34.1 Å². The molecule has 0 aromatic heterocycles. The Morgan fingerprint density at radius 1 is 1.04 bits per heavy atom. The van der Waals surface area contributed by atoms with E-state index in [1.807, 2.05) is 0 Å². The third-order valence-corrected chi connectivity index (χ3v) is 3.32. The number of hydrogen-bond acceptors (Lipinski definition) is 9. The fourth-order valence-electron chi connectivity index (χ4n) is 1.93. The van der Waals surface area contributed by atoms with Crippen LogP contribution in [0, 0.1) is 0 Å². The highest BCUT2D eigenvalue weighted by Gasteiger charge is 2.24. The summed E-state index contributed by atoms with van der Waals surface area (Å²) in [5.74, 6) is -2.39. The molecule has 1 aromatic carbocycles. The van der Waals surface area contributed by atoms with Crippen molar-refractivity contribution in [2.45, 2.75) is 31.0 Å². The zero-order chi connectivity index (χ0) is 19.7. The third kappa shape index (κ3) is 7.47. The number of ether oxygens (including phenoxy) is 2. The lowest BCUT2D eigenvalue weighted by molar-refractivity contribution is -0.163. The summed E-state index contributed by atoms with van der Waals surface area (Å²) in [6.07, 6.45) is -1.38. The van der Waals surface area contributed by atoms with Crippen LogP contribution in [0.5, 0.6) is 5.75 Å². The Morgan fingerprint density at radius 2 is 1.65 bits per heavy atom. The minimum absolute atomic E-state index is 0.0899. The summed E-state index contributed by atoms with van der Waals surface area (Å²) in [6.45, 7) is -1.04. The van der Waals surface area contributed by atoms with Crippen LogP contribution in [-0.2, 0) is 30.3 Å². The lowest BCUT2D eigenvalue weighted by Crippen LogP contribution is -2.41. The van der Waals surface area contributed by atoms with E-state index in [9.17, 15) is 24.6 Å². The Kier molecular flexibility index (Phi) is 8.49. The minimum Gasteiger partial charge on any atom is -0.508 e. The van der Waals surface area contributed by atoms with Crippen molar-refractivity contribution in [1.29, 1.82) is 0 Å². The van der Waals surface area contributed by atoms with Crippen molar-refractivity contribution in [3.8, 4) is 5.75 Å². The zero-order valence-corrected chi connectivity index (χ0v) is 14.0. The predicted molar refractivity (Wildman–Crippen MR) is 89.5 cm³/mol. The number of carbonyl (C=O) groups excluding carboxylic acids is 3. The minimum atomic E-state index is -1.27. The molecule has 0 bridgehead atoms. The molecule has 0 spiro atoms. The van der Waals surface area contributed by atoms with Crippen LogP contribution >= 0.6 is 0 Å². The summed E-state index contributed by atoms with van der Waals surface area (Å²) in [7, 11) is 0. The molecule has 0 heterocycles. The second kappa shape index (κ2) is 10.3. The molecule has 1 rings (SSSR count). The number of benzene rings is 1. The first-order valence-electron chi connectivity index (χ1n) is 7.78. The molecule has 0 radical (unpaired) electrons. The molecular formula is C16H23N3O7. The largest absolute Gasteiger partial charge is 0.508 e. The molecule has 0 aliphatic carbocycles. The maximum Gasteiger partial charge on any atom is 0.323 e. The molecule has 8 N–H and O–H groups in total. The molecule has 10 nitrogen and oxygen atoms in total. The van der Waals surface area contributed by atoms with Gasteiger partial charge in [0.2, 0.25) is 5.91 Å². The van der Waals surface area contributed by atoms with Gasteiger partial charge in [-0.2, -0.15) is 0 Å². The van der Waals surface area contributed by atoms with Crippen molar-refractivity contribution in [3.63, 3.8) is 0 Å². The maximum absolute atomic E-state index is 11.9. The van der Waals surface area contributed by atoms with Gasteiger partial charge >= 0.3 is 11.9 Å². The summed E-state index contributed by atoms with van der Waals surface area (Å²) >= 11 is 0. The summed E-state index contributed by atoms with van der Waals surface area (Å²) in [6, 6.07) is 3.90. The predicted octanol–water partition coefficient (Wildman–Crippen LogP) is -2.09. The first-order chi connectivity index (χ1) is 12.2. The van der Waals surface area contributed by atoms with Gasteiger partial charge in [0.15, 0.2) is 6.10 Å². The number of aromatic hydroxyl groups is 1. The molecule has 144 valence electrons. The second-order valence-electron chi connectivity index (χ2n) is 5.63. The quantitative estimate of drug-likeness (QED) is 0.288. The fourth-order valence-corrected chi connectivity index (χ4v) is 1.93. The monoisotopic (exact) mass is 369 g/mol. The van der Waals surface area contributed by atoms with E-state index in [1.54, 1.807) is 12.1 Å². The Balaban J connectivity index is 2.45. The van der Waals surface area contributed by atoms with Gasteiger partial charge in [-0.3, -0.25) is 14.4 Å². The first kappa shape index (κ1) is 21.4. The van der Waals surface area contributed by atoms with Crippen LogP contribution in [-0.4, -0.2) is 59.5 Å². The van der Waals surface area contributed by atoms with E-state index < -0.39 is 55.7 Å². The van der Waals surface area contributed by atoms with Crippen molar-refractivity contribution >= 4 is 17.8 Å². The molecule has 0 aliphatic rings. The molecule has 26 heavy (non-hydrogen) atoms. The molecule has 0 saturated carbocycles. The number of nitrogens with two attached hydrogens (primary N) is 3. The van der Waals surface area contributed by atoms with Crippen LogP contribution in [0.3, 0.4) is 0 Å². The van der Waals surface area contributed by atoms with Gasteiger partial charge in [-0.25, -0.2) is 0 Å². The highest BCUT2D eigenvalue weighted by atomic mass is 16.6. The van der Waals surface area contributed by atoms with Crippen LogP contribution in [0.2, 0.25) is 0 Å². The maximum atomic E-state index is 11.9. The topological polar surface area (TPSA) is 188 Å². The van der Waals surface area contributed by atoms with Crippen LogP contribution in [0.4, 0.5) is 0 Å². The van der Waals surface area contributed by atoms with E-state index >= 15 is 0 Å². The van der Waals surface area contributed by atoms with E-state index in [0.717, 1.165) is 5.56 Å². The summed E-state index contributed by atoms with van der Waals surface area (Å²) < 4.78 is 9.79. The molecule has 0 saturated heterocycles. The van der Waals surface area contributed by atoms with Crippen LogP contribution in [0.25, 0.3) is 0 Å². The van der Waals surface area contributed by atoms with E-state index in [4.69, 9.17) is 26.7 Å². The second-order valence-corrected chi connectivity index (χ2v) is 5.63. The highest BCUT2D eigenvalue weighted by Crippen LogP contribution is 2.11. The average Bonchev–Trinajstić information content (AvgIpc) is 2.59. The number of hydrogen-bond donors (Lipinski definition) is 5. The smallest absolute Gasteiger partial charge is 0.323 e. The van der Waals surface area contributed by atoms with E-state index in [2.05, 4.69) is 0 Å². The number of esters is 2. The van der Waals surface area contributed by atoms with Crippen molar-refractivity contribution in [2.75, 3.05) is 13.2 Å². The van der Waals surface area contributed by atoms with E-state index in [1.165, 1.54) is 12.1 Å². The first-order valence-corrected chi connectivity index (χ1v) is 7.78. The van der Waals surface area contributed by atoms with Crippen molar-refractivity contribution in [1.82, 2.24) is 0 Å². The van der Waals surface area contributed by atoms with Gasteiger partial charge in [0.05, 0.1) is 13.0 Å². The molecular weight excluding hydrogens is 346 g/mol. The number of primary amides is 1. The molecule has 1 unspecified atom stereocenters. The molecule has 3 atom stereocenters. The van der Waals surface area contributed by atoms with Gasteiger partial charge < -0.3 is 36.9 Å². The normalized spacial score (nSPS) is 14.1. The Bertz CT molecular complexity index is 621. The van der Waals surface area contributed by atoms with Gasteiger partial charge in [0.1, 0.15) is 24.4 Å². The van der Waals surface area contributed by atoms with Crippen molar-refractivity contribution in [3.05, 3.63) is 29.8 Å². The lowest BCUT2D eigenvalue weighted by atomic mass is 10.1. The number of phenols is 1. The Labute approximate surface area is 149 Å². The number of aliphatic hydroxyl groups excluding tert-OH is 1. The lowest BCUT2D eigenvalue weighted by Gasteiger charge is -2.19. The summed E-state index contributed by atoms with van der Waals surface area (Å²) in [5.41, 5.74) is 16.8. The van der Waals surface area contributed by atoms with Crippen LogP contribution in [0.15, 0.2) is 24.3 Å². The molecule has 0 aliphatic heterocycles. The number of aliphatic hydroxyl groups is 1. The van der Waals surface area contributed by atoms with Crippen LogP contribution in [0.1, 0.15) is 12.0 Å². The van der Waals surface area contributed by atoms with Gasteiger partial charge in [-0.15, -0.1) is 0 Å². The standard InChI is InChI=1S/C16H23N3O7/c17-12(5-9-1-3-10(21)4-2-9)15(23)25-8-11(7-20)26-16(24)13(18)6-14(19)22/h1-4,11-13,20-21H,5-8,17-18H2,(H2,19,22)/t11?,12-,13-/m0/s1. The molecule has 10 heteroatoms. The number of rotatable bonds is 10. The fraction of sp³-hybridized carbons (Fsp3) is 0.438. The van der Waals surface area contributed by atoms with Gasteiger partial charge in [0.25, 0.3) is 0 Å². The summed E-state index contributed by atoms with van der Waals surface area (Å²) in [4.78, 5) is 34.3. The van der Waals surface area contributed by atoms with Gasteiger partial charge in [0, 0.05) is 0 Å². The Morgan fingerprint density at radius 3 is 2.19 bits per heavy atom. The van der Waals surface area contributed by atoms with E-state index in [0.29, 0.717) is 0 Å². The van der Waals surface area contributed by atoms with E-state index in [-0.39, 0.29) is 12.2 Å². The highest BCUT2D eigenvalue weighted by molar-refractivity contribution is 5.84. The molecule has 1 aromatic rings. The zero-order valence-electron chi connectivity index (χ0n) is 14.0. The Hall–Kier alpha value is -2.69. The van der Waals surface area contributed by atoms with Crippen molar-refractivity contribution in [2.24, 2.45) is 17.2 Å². The SMILES string of the molecule is NC(=O)C[C@H](N)C(=O)OC(CO)COC(=O)[C@@H](N)Cc1ccc(O)cc1. The van der Waals surface area contributed by atoms with Crippen LogP contribution < -0.4 is 17.2 Å². The average molecular weight is 369 g/mol. The molecule has 1 amide bonds. The van der Waals surface area contributed by atoms with Gasteiger partial charge in [-0.05, 0) is 24.1 Å². The van der Waals surface area contributed by atoms with Gasteiger partial charge in [-0.1, -0.05) is 12.1 Å². The number of amides is 1. The number of phenolic OH excluding ortho intramolecular Hbond substituents is 1. The number of carbonyl (C=O) groups is 3.